The molecule has 0 aromatic heterocycles. The van der Waals surface area contributed by atoms with Crippen LogP contribution >= 0.6 is 0 Å². The van der Waals surface area contributed by atoms with E-state index in [9.17, 15) is 19.8 Å². The molecule has 4 atom stereocenters. The highest BCUT2D eigenvalue weighted by Gasteiger charge is 2.49. The number of carboxylic acids is 1. The normalized spacial score (nSPS) is 40.2. The predicted octanol–water partition coefficient (Wildman–Crippen LogP) is 1.43. The van der Waals surface area contributed by atoms with Crippen molar-refractivity contribution < 1.29 is 19.8 Å². The van der Waals surface area contributed by atoms with E-state index in [1.54, 1.807) is 11.8 Å². The second-order valence-corrected chi connectivity index (χ2v) is 7.70. The lowest BCUT2D eigenvalue weighted by Gasteiger charge is -2.32. The SMILES string of the molecule is CC1(C(=O)O)CCN(C(=O)NCCC2(O)CC3CCC2C3)C1. The third-order valence-electron chi connectivity index (χ3n) is 6.05. The van der Waals surface area contributed by atoms with Gasteiger partial charge in [0, 0.05) is 19.6 Å². The molecule has 1 aliphatic heterocycles. The van der Waals surface area contributed by atoms with E-state index < -0.39 is 17.0 Å². The summed E-state index contributed by atoms with van der Waals surface area (Å²) >= 11 is 0. The van der Waals surface area contributed by atoms with Gasteiger partial charge in [-0.1, -0.05) is 0 Å². The van der Waals surface area contributed by atoms with Crippen LogP contribution in [0.2, 0.25) is 0 Å². The molecule has 1 heterocycles. The number of carboxylic acid groups (broad SMARTS) is 1. The van der Waals surface area contributed by atoms with Gasteiger partial charge in [-0.25, -0.2) is 4.79 Å². The number of rotatable bonds is 4. The smallest absolute Gasteiger partial charge is 0.317 e. The molecule has 0 spiro atoms. The molecule has 6 nitrogen and oxygen atoms in total. The van der Waals surface area contributed by atoms with Gasteiger partial charge >= 0.3 is 12.0 Å². The highest BCUT2D eigenvalue weighted by atomic mass is 16.4. The molecule has 3 N–H and O–H groups in total. The number of aliphatic carboxylic acids is 1. The number of fused-ring (bicyclic) bond motifs is 2. The largest absolute Gasteiger partial charge is 0.481 e. The first-order chi connectivity index (χ1) is 10.3. The molecule has 3 fully saturated rings. The first kappa shape index (κ1) is 15.6. The van der Waals surface area contributed by atoms with E-state index in [1.807, 2.05) is 0 Å². The zero-order valence-electron chi connectivity index (χ0n) is 13.2. The van der Waals surface area contributed by atoms with Crippen LogP contribution in [-0.4, -0.2) is 52.3 Å². The maximum absolute atomic E-state index is 12.1. The van der Waals surface area contributed by atoms with Crippen LogP contribution in [0.5, 0.6) is 0 Å². The molecule has 0 aromatic rings. The average molecular weight is 310 g/mol. The molecule has 3 aliphatic rings. The third kappa shape index (κ3) is 2.69. The number of hydrogen-bond acceptors (Lipinski definition) is 3. The van der Waals surface area contributed by atoms with E-state index in [-0.39, 0.29) is 12.6 Å². The van der Waals surface area contributed by atoms with Crippen LogP contribution in [0.1, 0.15) is 45.4 Å². The van der Waals surface area contributed by atoms with Crippen LogP contribution in [-0.2, 0) is 4.79 Å². The highest BCUT2D eigenvalue weighted by molar-refractivity contribution is 5.79. The van der Waals surface area contributed by atoms with Gasteiger partial charge in [-0.2, -0.15) is 0 Å². The van der Waals surface area contributed by atoms with Crippen LogP contribution in [0.25, 0.3) is 0 Å². The minimum atomic E-state index is -0.848. The van der Waals surface area contributed by atoms with E-state index in [0.29, 0.717) is 37.8 Å². The molecule has 0 radical (unpaired) electrons. The monoisotopic (exact) mass is 310 g/mol. The molecule has 2 saturated carbocycles. The number of hydrogen-bond donors (Lipinski definition) is 3. The van der Waals surface area contributed by atoms with Crippen molar-refractivity contribution >= 4 is 12.0 Å². The van der Waals surface area contributed by atoms with Crippen molar-refractivity contribution in [2.75, 3.05) is 19.6 Å². The van der Waals surface area contributed by atoms with E-state index in [4.69, 9.17) is 0 Å². The van der Waals surface area contributed by atoms with E-state index in [2.05, 4.69) is 5.32 Å². The standard InChI is InChI=1S/C16H26N2O4/c1-15(13(19)20)5-7-18(10-15)14(21)17-6-4-16(22)9-11-2-3-12(16)8-11/h11-12,22H,2-10H2,1H3,(H,17,21)(H,19,20). The minimum Gasteiger partial charge on any atom is -0.481 e. The second-order valence-electron chi connectivity index (χ2n) is 7.70. The number of nitrogens with zero attached hydrogens (tertiary/aromatic N) is 1. The lowest BCUT2D eigenvalue weighted by Crippen LogP contribution is -2.44. The van der Waals surface area contributed by atoms with Gasteiger partial charge in [0.15, 0.2) is 0 Å². The van der Waals surface area contributed by atoms with Gasteiger partial charge in [-0.3, -0.25) is 4.79 Å². The summed E-state index contributed by atoms with van der Waals surface area (Å²) in [5.74, 6) is 0.219. The molecule has 3 rings (SSSR count). The van der Waals surface area contributed by atoms with Crippen molar-refractivity contribution in [1.82, 2.24) is 10.2 Å². The van der Waals surface area contributed by atoms with Crippen LogP contribution in [0.4, 0.5) is 4.79 Å². The van der Waals surface area contributed by atoms with Crippen LogP contribution in [0.3, 0.4) is 0 Å². The Balaban J connectivity index is 1.45. The second kappa shape index (κ2) is 5.41. The van der Waals surface area contributed by atoms with Crippen molar-refractivity contribution in [3.63, 3.8) is 0 Å². The Morgan fingerprint density at radius 2 is 2.14 bits per heavy atom. The Hall–Kier alpha value is -1.30. The van der Waals surface area contributed by atoms with Gasteiger partial charge < -0.3 is 20.4 Å². The maximum Gasteiger partial charge on any atom is 0.317 e. The summed E-state index contributed by atoms with van der Waals surface area (Å²) in [6, 6.07) is -0.211. The van der Waals surface area contributed by atoms with Gasteiger partial charge in [-0.15, -0.1) is 0 Å². The molecule has 2 amide bonds. The maximum atomic E-state index is 12.1. The number of likely N-dealkylation sites (tertiary alicyclic amines) is 1. The Labute approximate surface area is 130 Å². The lowest BCUT2D eigenvalue weighted by molar-refractivity contribution is -0.146. The molecular formula is C16H26N2O4. The van der Waals surface area contributed by atoms with Gasteiger partial charge in [0.05, 0.1) is 11.0 Å². The Kier molecular flexibility index (Phi) is 3.83. The summed E-state index contributed by atoms with van der Waals surface area (Å²) in [7, 11) is 0. The van der Waals surface area contributed by atoms with Crippen LogP contribution in [0.15, 0.2) is 0 Å². The fourth-order valence-electron chi connectivity index (χ4n) is 4.53. The first-order valence-electron chi connectivity index (χ1n) is 8.31. The number of urea groups is 1. The van der Waals surface area contributed by atoms with Crippen molar-refractivity contribution in [2.45, 2.75) is 51.0 Å². The number of carbonyl (C=O) groups is 2. The van der Waals surface area contributed by atoms with Crippen molar-refractivity contribution in [2.24, 2.45) is 17.3 Å². The van der Waals surface area contributed by atoms with E-state index in [0.717, 1.165) is 19.3 Å². The van der Waals surface area contributed by atoms with E-state index >= 15 is 0 Å². The summed E-state index contributed by atoms with van der Waals surface area (Å²) in [4.78, 5) is 24.9. The van der Waals surface area contributed by atoms with Gasteiger partial charge in [0.2, 0.25) is 0 Å². The third-order valence-corrected chi connectivity index (χ3v) is 6.05. The topological polar surface area (TPSA) is 89.9 Å². The molecule has 22 heavy (non-hydrogen) atoms. The van der Waals surface area contributed by atoms with Crippen molar-refractivity contribution in [3.8, 4) is 0 Å². The Bertz CT molecular complexity index is 483. The average Bonchev–Trinajstić information content (AvgIpc) is 3.13. The zero-order chi connectivity index (χ0) is 16.0. The fourth-order valence-corrected chi connectivity index (χ4v) is 4.53. The fraction of sp³-hybridized carbons (Fsp3) is 0.875. The Morgan fingerprint density at radius 3 is 2.68 bits per heavy atom. The number of carbonyl (C=O) groups excluding carboxylic acids is 1. The van der Waals surface area contributed by atoms with Crippen molar-refractivity contribution in [3.05, 3.63) is 0 Å². The van der Waals surface area contributed by atoms with Crippen LogP contribution in [0, 0.1) is 17.3 Å². The molecule has 6 heteroatoms. The summed E-state index contributed by atoms with van der Waals surface area (Å²) < 4.78 is 0. The summed E-state index contributed by atoms with van der Waals surface area (Å²) in [5.41, 5.74) is -1.43. The molecule has 2 bridgehead atoms. The molecule has 2 aliphatic carbocycles. The van der Waals surface area contributed by atoms with Crippen molar-refractivity contribution in [1.29, 1.82) is 0 Å². The molecule has 124 valence electrons. The molecule has 1 saturated heterocycles. The van der Waals surface area contributed by atoms with E-state index in [1.165, 1.54) is 6.42 Å². The predicted molar refractivity (Wildman–Crippen MR) is 80.3 cm³/mol. The van der Waals surface area contributed by atoms with Crippen LogP contribution < -0.4 is 5.32 Å². The number of amides is 2. The quantitative estimate of drug-likeness (QED) is 0.733. The summed E-state index contributed by atoms with van der Waals surface area (Å²) in [6.45, 7) is 2.87. The van der Waals surface area contributed by atoms with Gasteiger partial charge in [0.1, 0.15) is 0 Å². The Morgan fingerprint density at radius 1 is 1.36 bits per heavy atom. The lowest BCUT2D eigenvalue weighted by atomic mass is 9.82. The van der Waals surface area contributed by atoms with Gasteiger partial charge in [0.25, 0.3) is 0 Å². The minimum absolute atomic E-state index is 0.211. The highest BCUT2D eigenvalue weighted by Crippen LogP contribution is 2.51. The molecule has 0 aromatic carbocycles. The molecular weight excluding hydrogens is 284 g/mol. The summed E-state index contributed by atoms with van der Waals surface area (Å²) in [6.07, 6.45) is 5.44. The number of aliphatic hydroxyl groups is 1. The zero-order valence-corrected chi connectivity index (χ0v) is 13.2. The van der Waals surface area contributed by atoms with Gasteiger partial charge in [-0.05, 0) is 57.3 Å². The number of nitrogens with one attached hydrogen (secondary N) is 1. The first-order valence-corrected chi connectivity index (χ1v) is 8.31. The molecule has 4 unspecified atom stereocenters. The summed E-state index contributed by atoms with van der Waals surface area (Å²) in [5, 5.41) is 22.7.